The Balaban J connectivity index is -0.00000144. The Kier molecular flexibility index (Phi) is 19.6. The van der Waals surface area contributed by atoms with E-state index in [4.69, 9.17) is 22.3 Å². The average Bonchev–Trinajstić information content (AvgIpc) is 2.32. The molecule has 20 heavy (non-hydrogen) atoms. The zero-order valence-electron chi connectivity index (χ0n) is 11.9. The molecule has 0 aromatic rings. The lowest BCUT2D eigenvalue weighted by atomic mass is 10.5. The van der Waals surface area contributed by atoms with Crippen molar-refractivity contribution in [2.75, 3.05) is 37.7 Å². The largest absolute Gasteiger partial charge is 0.370 e. The number of guanidine groups is 2. The molecule has 0 aromatic carbocycles. The SMILES string of the molecule is Br.Br.CCN(CCSSCCN(CC)C(=N)N)C(=N)N. The number of halogens is 2. The third kappa shape index (κ3) is 12.0. The lowest BCUT2D eigenvalue weighted by Gasteiger charge is -2.21. The second kappa shape index (κ2) is 15.6. The molecule has 0 heterocycles. The van der Waals surface area contributed by atoms with Crippen molar-refractivity contribution in [3.8, 4) is 0 Å². The van der Waals surface area contributed by atoms with E-state index in [9.17, 15) is 0 Å². The maximum absolute atomic E-state index is 7.34. The summed E-state index contributed by atoms with van der Waals surface area (Å²) in [4.78, 5) is 3.67. The van der Waals surface area contributed by atoms with Gasteiger partial charge in [-0.15, -0.1) is 34.0 Å². The molecule has 0 aliphatic rings. The number of nitrogens with two attached hydrogens (primary N) is 2. The summed E-state index contributed by atoms with van der Waals surface area (Å²) in [6.45, 7) is 7.13. The van der Waals surface area contributed by atoms with Gasteiger partial charge in [0.1, 0.15) is 0 Å². The van der Waals surface area contributed by atoms with E-state index in [1.165, 1.54) is 0 Å². The first-order valence-corrected chi connectivity index (χ1v) is 8.44. The van der Waals surface area contributed by atoms with Crippen molar-refractivity contribution in [2.24, 2.45) is 11.5 Å². The Bertz CT molecular complexity index is 244. The molecule has 0 aliphatic heterocycles. The average molecular weight is 454 g/mol. The summed E-state index contributed by atoms with van der Waals surface area (Å²) < 4.78 is 0. The molecule has 0 radical (unpaired) electrons. The third-order valence-electron chi connectivity index (χ3n) is 2.42. The van der Waals surface area contributed by atoms with Crippen molar-refractivity contribution in [1.82, 2.24) is 9.80 Å². The lowest BCUT2D eigenvalue weighted by Crippen LogP contribution is -2.38. The van der Waals surface area contributed by atoms with Crippen LogP contribution in [0.4, 0.5) is 0 Å². The normalized spacial score (nSPS) is 9.10. The van der Waals surface area contributed by atoms with Crippen LogP contribution in [0.15, 0.2) is 0 Å². The second-order valence-electron chi connectivity index (χ2n) is 3.57. The molecule has 6 nitrogen and oxygen atoms in total. The minimum atomic E-state index is 0. The van der Waals surface area contributed by atoms with Crippen LogP contribution >= 0.6 is 55.6 Å². The van der Waals surface area contributed by atoms with Crippen LogP contribution in [0.3, 0.4) is 0 Å². The van der Waals surface area contributed by atoms with E-state index < -0.39 is 0 Å². The first-order valence-electron chi connectivity index (χ1n) is 5.95. The van der Waals surface area contributed by atoms with Crippen LogP contribution in [-0.4, -0.2) is 59.4 Å². The van der Waals surface area contributed by atoms with Gasteiger partial charge in [-0.2, -0.15) is 0 Å². The van der Waals surface area contributed by atoms with Crippen LogP contribution in [-0.2, 0) is 0 Å². The highest BCUT2D eigenvalue weighted by Crippen LogP contribution is 2.20. The molecule has 0 fully saturated rings. The Labute approximate surface area is 150 Å². The Morgan fingerprint density at radius 2 is 1.15 bits per heavy atom. The molecule has 0 bridgehead atoms. The van der Waals surface area contributed by atoms with Gasteiger partial charge in [0.2, 0.25) is 0 Å². The highest BCUT2D eigenvalue weighted by Gasteiger charge is 2.05. The molecule has 0 rings (SSSR count). The molecule has 0 atom stereocenters. The maximum atomic E-state index is 7.34. The Morgan fingerprint density at radius 3 is 1.35 bits per heavy atom. The van der Waals surface area contributed by atoms with E-state index in [1.807, 2.05) is 23.6 Å². The van der Waals surface area contributed by atoms with Crippen molar-refractivity contribution in [3.63, 3.8) is 0 Å². The van der Waals surface area contributed by atoms with Gasteiger partial charge >= 0.3 is 0 Å². The minimum absolute atomic E-state index is 0. The van der Waals surface area contributed by atoms with E-state index in [0.717, 1.165) is 37.7 Å². The predicted molar refractivity (Wildman–Crippen MR) is 104 cm³/mol. The second-order valence-corrected chi connectivity index (χ2v) is 6.28. The number of hydrogen-bond donors (Lipinski definition) is 4. The molecule has 10 heteroatoms. The number of rotatable bonds is 9. The molecule has 6 N–H and O–H groups in total. The standard InChI is InChI=1S/C10H24N6S2.2BrH/c1-3-15(9(11)12)5-7-17-18-8-6-16(4-2)10(13)14;;/h3-8H2,1-2H3,(H3,11,12)(H3,13,14);2*1H. The lowest BCUT2D eigenvalue weighted by molar-refractivity contribution is 0.460. The molecule has 0 unspecified atom stereocenters. The van der Waals surface area contributed by atoms with Gasteiger partial charge in [-0.1, -0.05) is 21.6 Å². The van der Waals surface area contributed by atoms with E-state index >= 15 is 0 Å². The van der Waals surface area contributed by atoms with Crippen LogP contribution in [0.2, 0.25) is 0 Å². The van der Waals surface area contributed by atoms with Crippen LogP contribution in [0.25, 0.3) is 0 Å². The van der Waals surface area contributed by atoms with Gasteiger partial charge in [0, 0.05) is 37.7 Å². The monoisotopic (exact) mass is 452 g/mol. The van der Waals surface area contributed by atoms with Crippen molar-refractivity contribution < 1.29 is 0 Å². The van der Waals surface area contributed by atoms with Crippen molar-refractivity contribution in [3.05, 3.63) is 0 Å². The number of nitrogens with one attached hydrogen (secondary N) is 2. The molecular weight excluding hydrogens is 428 g/mol. The van der Waals surface area contributed by atoms with E-state index in [2.05, 4.69) is 0 Å². The summed E-state index contributed by atoms with van der Waals surface area (Å²) >= 11 is 0. The van der Waals surface area contributed by atoms with Gasteiger partial charge in [0.05, 0.1) is 0 Å². The third-order valence-corrected chi connectivity index (χ3v) is 4.78. The summed E-state index contributed by atoms with van der Waals surface area (Å²) in [6, 6.07) is 0. The van der Waals surface area contributed by atoms with Crippen molar-refractivity contribution in [1.29, 1.82) is 10.8 Å². The first-order chi connectivity index (χ1) is 8.52. The topological polar surface area (TPSA) is 106 Å². The highest BCUT2D eigenvalue weighted by atomic mass is 79.9. The summed E-state index contributed by atoms with van der Waals surface area (Å²) in [5.41, 5.74) is 10.9. The van der Waals surface area contributed by atoms with Gasteiger partial charge in [0.15, 0.2) is 11.9 Å². The van der Waals surface area contributed by atoms with Gasteiger partial charge in [-0.3, -0.25) is 10.8 Å². The van der Waals surface area contributed by atoms with Gasteiger partial charge < -0.3 is 21.3 Å². The molecular formula is C10H26Br2N6S2. The van der Waals surface area contributed by atoms with E-state index in [-0.39, 0.29) is 45.9 Å². The van der Waals surface area contributed by atoms with Crippen LogP contribution < -0.4 is 11.5 Å². The van der Waals surface area contributed by atoms with E-state index in [0.29, 0.717) is 0 Å². The first kappa shape index (κ1) is 25.2. The fourth-order valence-electron chi connectivity index (χ4n) is 1.31. The van der Waals surface area contributed by atoms with Crippen LogP contribution in [0.1, 0.15) is 13.8 Å². The van der Waals surface area contributed by atoms with Crippen molar-refractivity contribution >= 4 is 67.5 Å². The molecule has 0 amide bonds. The fraction of sp³-hybridized carbons (Fsp3) is 0.800. The smallest absolute Gasteiger partial charge is 0.188 e. The number of nitrogens with zero attached hydrogens (tertiary/aromatic N) is 2. The van der Waals surface area contributed by atoms with Crippen molar-refractivity contribution in [2.45, 2.75) is 13.8 Å². The van der Waals surface area contributed by atoms with Crippen LogP contribution in [0.5, 0.6) is 0 Å². The summed E-state index contributed by atoms with van der Waals surface area (Å²) in [5, 5.41) is 14.7. The summed E-state index contributed by atoms with van der Waals surface area (Å²) in [7, 11) is 3.53. The molecule has 122 valence electrons. The molecule has 0 saturated carbocycles. The van der Waals surface area contributed by atoms with Gasteiger partial charge in [-0.25, -0.2) is 0 Å². The summed E-state index contributed by atoms with van der Waals surface area (Å²) in [5.74, 6) is 2.14. The molecule has 0 spiro atoms. The Morgan fingerprint density at radius 1 is 0.850 bits per heavy atom. The molecule has 0 aromatic heterocycles. The zero-order chi connectivity index (χ0) is 14.0. The fourth-order valence-corrected chi connectivity index (χ4v) is 3.29. The number of hydrogen-bond acceptors (Lipinski definition) is 4. The maximum Gasteiger partial charge on any atom is 0.188 e. The molecule has 0 saturated heterocycles. The minimum Gasteiger partial charge on any atom is -0.370 e. The zero-order valence-corrected chi connectivity index (χ0v) is 17.0. The molecule has 0 aliphatic carbocycles. The van der Waals surface area contributed by atoms with Gasteiger partial charge in [0.25, 0.3) is 0 Å². The predicted octanol–water partition coefficient (Wildman–Crippen LogP) is 1.95. The summed E-state index contributed by atoms with van der Waals surface area (Å²) in [6.07, 6.45) is 0. The quantitative estimate of drug-likeness (QED) is 0.184. The van der Waals surface area contributed by atoms with Gasteiger partial charge in [-0.05, 0) is 13.8 Å². The highest BCUT2D eigenvalue weighted by molar-refractivity contribution is 8.93. The van der Waals surface area contributed by atoms with E-state index in [1.54, 1.807) is 21.6 Å². The van der Waals surface area contributed by atoms with Crippen LogP contribution in [0, 0.1) is 10.8 Å². The Hall–Kier alpha value is 0.200.